The van der Waals surface area contributed by atoms with E-state index in [1.165, 1.54) is 0 Å². The van der Waals surface area contributed by atoms with E-state index < -0.39 is 0 Å². The predicted octanol–water partition coefficient (Wildman–Crippen LogP) is -2.43. The second kappa shape index (κ2) is 3.92. The summed E-state index contributed by atoms with van der Waals surface area (Å²) in [6.07, 6.45) is 0. The van der Waals surface area contributed by atoms with Gasteiger partial charge in [0, 0.05) is 0 Å². The van der Waals surface area contributed by atoms with E-state index in [0.29, 0.717) is 11.1 Å². The minimum absolute atomic E-state index is 0. The topological polar surface area (TPSA) is 46.2 Å². The van der Waals surface area contributed by atoms with E-state index in [1.807, 2.05) is 0 Å². The number of amides is 2. The van der Waals surface area contributed by atoms with E-state index in [0.717, 1.165) is 0 Å². The van der Waals surface area contributed by atoms with Crippen LogP contribution in [0.4, 0.5) is 0 Å². The maximum absolute atomic E-state index is 10.9. The van der Waals surface area contributed by atoms with Gasteiger partial charge in [0.15, 0.2) is 0 Å². The number of hydrogen-bond acceptors (Lipinski definition) is 2. The fourth-order valence-corrected chi connectivity index (χ4v) is 1.12. The SMILES string of the molecule is O=C1NC(=O)c2ccccc21.[Rb+]. The first-order valence-electron chi connectivity index (χ1n) is 3.24. The summed E-state index contributed by atoms with van der Waals surface area (Å²) in [5.74, 6) is -0.601. The smallest absolute Gasteiger partial charge is 0.288 e. The fraction of sp³-hybridized carbons (Fsp3) is 0. The number of imide groups is 1. The zero-order chi connectivity index (χ0) is 7.84. The van der Waals surface area contributed by atoms with Gasteiger partial charge in [-0.05, 0) is 12.1 Å². The third-order valence-electron chi connectivity index (χ3n) is 1.64. The molecule has 0 radical (unpaired) electrons. The van der Waals surface area contributed by atoms with E-state index in [1.54, 1.807) is 24.3 Å². The molecule has 1 aliphatic heterocycles. The Bertz CT molecular complexity index is 316. The summed E-state index contributed by atoms with van der Waals surface area (Å²) in [6.45, 7) is 0. The van der Waals surface area contributed by atoms with E-state index in [-0.39, 0.29) is 70.0 Å². The molecule has 1 aromatic rings. The number of fused-ring (bicyclic) bond motifs is 1. The quantitative estimate of drug-likeness (QED) is 0.506. The van der Waals surface area contributed by atoms with E-state index in [2.05, 4.69) is 5.32 Å². The Morgan fingerprint density at radius 3 is 1.75 bits per heavy atom. The van der Waals surface area contributed by atoms with Crippen molar-refractivity contribution in [3.63, 3.8) is 0 Å². The van der Waals surface area contributed by atoms with E-state index >= 15 is 0 Å². The molecule has 0 bridgehead atoms. The Morgan fingerprint density at radius 2 is 1.33 bits per heavy atom. The molecule has 1 heterocycles. The van der Waals surface area contributed by atoms with Crippen LogP contribution in [0.3, 0.4) is 0 Å². The van der Waals surface area contributed by atoms with Gasteiger partial charge in [-0.3, -0.25) is 14.9 Å². The van der Waals surface area contributed by atoms with Gasteiger partial charge in [0.25, 0.3) is 11.8 Å². The predicted molar refractivity (Wildman–Crippen MR) is 38.2 cm³/mol. The third kappa shape index (κ3) is 1.59. The molecule has 3 nitrogen and oxygen atoms in total. The first-order valence-corrected chi connectivity index (χ1v) is 3.24. The van der Waals surface area contributed by atoms with Crippen LogP contribution < -0.4 is 63.5 Å². The van der Waals surface area contributed by atoms with Gasteiger partial charge >= 0.3 is 58.2 Å². The summed E-state index contributed by atoms with van der Waals surface area (Å²) in [6, 6.07) is 6.74. The standard InChI is InChI=1S/C8H5NO2.Rb/c10-7-5-3-1-2-4-6(5)8(11)9-7;/h1-4H,(H,9,10,11);/q;+1. The average molecular weight is 233 g/mol. The van der Waals surface area contributed by atoms with Crippen molar-refractivity contribution in [1.29, 1.82) is 0 Å². The van der Waals surface area contributed by atoms with Crippen molar-refractivity contribution in [3.05, 3.63) is 35.4 Å². The second-order valence-corrected chi connectivity index (χ2v) is 2.33. The summed E-state index contributed by atoms with van der Waals surface area (Å²) in [4.78, 5) is 21.9. The molecule has 54 valence electrons. The van der Waals surface area contributed by atoms with Crippen LogP contribution in [0.2, 0.25) is 0 Å². The first kappa shape index (κ1) is 10.2. The van der Waals surface area contributed by atoms with Gasteiger partial charge in [0.1, 0.15) is 0 Å². The van der Waals surface area contributed by atoms with Gasteiger partial charge in [-0.25, -0.2) is 0 Å². The molecule has 12 heavy (non-hydrogen) atoms. The van der Waals surface area contributed by atoms with Crippen molar-refractivity contribution in [1.82, 2.24) is 5.32 Å². The summed E-state index contributed by atoms with van der Waals surface area (Å²) in [5, 5.41) is 2.20. The number of hydrogen-bond donors (Lipinski definition) is 1. The van der Waals surface area contributed by atoms with Crippen molar-refractivity contribution in [2.45, 2.75) is 0 Å². The number of nitrogens with one attached hydrogen (secondary N) is 1. The Kier molecular flexibility index (Phi) is 3.34. The van der Waals surface area contributed by atoms with Crippen molar-refractivity contribution in [3.8, 4) is 0 Å². The Balaban J connectivity index is 0.000000720. The summed E-state index contributed by atoms with van der Waals surface area (Å²) in [5.41, 5.74) is 0.940. The summed E-state index contributed by atoms with van der Waals surface area (Å²) >= 11 is 0. The molecule has 2 rings (SSSR count). The monoisotopic (exact) mass is 232 g/mol. The van der Waals surface area contributed by atoms with Crippen LogP contribution in [0.5, 0.6) is 0 Å². The Hall–Kier alpha value is 0.165. The zero-order valence-corrected chi connectivity index (χ0v) is 11.5. The molecule has 2 amide bonds. The average Bonchev–Trinajstić information content (AvgIpc) is 2.30. The maximum atomic E-state index is 10.9. The van der Waals surface area contributed by atoms with E-state index in [4.69, 9.17) is 0 Å². The maximum Gasteiger partial charge on any atom is 1.00 e. The third-order valence-corrected chi connectivity index (χ3v) is 1.64. The number of rotatable bonds is 0. The minimum Gasteiger partial charge on any atom is -0.288 e. The molecule has 1 N–H and O–H groups in total. The van der Waals surface area contributed by atoms with Crippen LogP contribution in [-0.2, 0) is 0 Å². The van der Waals surface area contributed by atoms with Crippen molar-refractivity contribution >= 4 is 11.8 Å². The molecule has 0 atom stereocenters. The van der Waals surface area contributed by atoms with Crippen LogP contribution in [0.25, 0.3) is 0 Å². The normalized spacial score (nSPS) is 13.3. The molecule has 0 spiro atoms. The molecule has 0 aliphatic carbocycles. The molecule has 0 unspecified atom stereocenters. The molecular weight excluding hydrogens is 228 g/mol. The van der Waals surface area contributed by atoms with Crippen molar-refractivity contribution < 1.29 is 67.8 Å². The Morgan fingerprint density at radius 1 is 0.917 bits per heavy atom. The van der Waals surface area contributed by atoms with Gasteiger partial charge in [-0.1, -0.05) is 12.1 Å². The molecule has 1 aromatic carbocycles. The largest absolute Gasteiger partial charge is 1.00 e. The molecular formula is C8H5NO2Rb+. The number of carbonyl (C=O) groups excluding carboxylic acids is 2. The van der Waals surface area contributed by atoms with Gasteiger partial charge in [0.2, 0.25) is 0 Å². The summed E-state index contributed by atoms with van der Waals surface area (Å²) < 4.78 is 0. The van der Waals surface area contributed by atoms with Crippen molar-refractivity contribution in [2.75, 3.05) is 0 Å². The van der Waals surface area contributed by atoms with Crippen LogP contribution in [-0.4, -0.2) is 11.8 Å². The molecule has 0 saturated carbocycles. The fourth-order valence-electron chi connectivity index (χ4n) is 1.12. The molecule has 1 aliphatic rings. The first-order chi connectivity index (χ1) is 5.29. The van der Waals surface area contributed by atoms with Crippen LogP contribution >= 0.6 is 0 Å². The zero-order valence-electron chi connectivity index (χ0n) is 6.63. The number of carbonyl (C=O) groups is 2. The van der Waals surface area contributed by atoms with Gasteiger partial charge < -0.3 is 0 Å². The minimum atomic E-state index is -0.300. The molecule has 0 aromatic heterocycles. The van der Waals surface area contributed by atoms with Gasteiger partial charge in [-0.2, -0.15) is 0 Å². The van der Waals surface area contributed by atoms with Gasteiger partial charge in [-0.15, -0.1) is 0 Å². The van der Waals surface area contributed by atoms with Crippen molar-refractivity contribution in [2.24, 2.45) is 0 Å². The van der Waals surface area contributed by atoms with Gasteiger partial charge in [0.05, 0.1) is 11.1 Å². The molecule has 0 fully saturated rings. The van der Waals surface area contributed by atoms with Crippen LogP contribution in [0, 0.1) is 0 Å². The summed E-state index contributed by atoms with van der Waals surface area (Å²) in [7, 11) is 0. The van der Waals surface area contributed by atoms with Crippen LogP contribution in [0.15, 0.2) is 24.3 Å². The number of benzene rings is 1. The van der Waals surface area contributed by atoms with E-state index in [9.17, 15) is 9.59 Å². The molecule has 4 heteroatoms. The Labute approximate surface area is 118 Å². The molecule has 0 saturated heterocycles. The van der Waals surface area contributed by atoms with Crippen LogP contribution in [0.1, 0.15) is 20.7 Å². The second-order valence-electron chi connectivity index (χ2n) is 2.33.